The van der Waals surface area contributed by atoms with Crippen molar-refractivity contribution in [2.24, 2.45) is 0 Å². The topological polar surface area (TPSA) is 0 Å². The Morgan fingerprint density at radius 3 is 0.614 bits per heavy atom. The summed E-state index contributed by atoms with van der Waals surface area (Å²) in [5, 5.41) is 11.8. The van der Waals surface area contributed by atoms with Gasteiger partial charge in [-0.2, -0.15) is 0 Å². The number of benzene rings is 6. The van der Waals surface area contributed by atoms with Gasteiger partial charge in [-0.3, -0.25) is 0 Å². The summed E-state index contributed by atoms with van der Waals surface area (Å²) in [4.78, 5) is 0. The molecule has 0 aromatic heterocycles. The fourth-order valence-electron chi connectivity index (χ4n) is 9.47. The summed E-state index contributed by atoms with van der Waals surface area (Å²) < 4.78 is 0. The van der Waals surface area contributed by atoms with Gasteiger partial charge in [0.2, 0.25) is 0 Å². The normalized spacial score (nSPS) is 12.5. The van der Waals surface area contributed by atoms with Crippen molar-refractivity contribution in [3.63, 3.8) is 0 Å². The van der Waals surface area contributed by atoms with E-state index >= 15 is 0 Å². The number of hydrogen-bond acceptors (Lipinski definition) is 0. The van der Waals surface area contributed by atoms with Gasteiger partial charge in [-0.05, 0) is 265 Å². The molecule has 224 valence electrons. The lowest BCUT2D eigenvalue weighted by atomic mass is 9.77. The maximum Gasteiger partial charge on any atom is -0.00151 e. The van der Waals surface area contributed by atoms with Gasteiger partial charge < -0.3 is 0 Å². The number of rotatable bonds is 0. The molecule has 44 heavy (non-hydrogen) atoms. The van der Waals surface area contributed by atoms with Gasteiger partial charge in [-0.25, -0.2) is 0 Å². The first-order valence-corrected chi connectivity index (χ1v) is 16.5. The van der Waals surface area contributed by atoms with Crippen molar-refractivity contribution >= 4 is 43.1 Å². The highest BCUT2D eigenvalue weighted by Crippen LogP contribution is 2.59. The van der Waals surface area contributed by atoms with E-state index in [0.29, 0.717) is 0 Å². The van der Waals surface area contributed by atoms with E-state index in [1.807, 2.05) is 0 Å². The number of fused-ring (bicyclic) bond motifs is 9. The zero-order valence-corrected chi connectivity index (χ0v) is 30.0. The van der Waals surface area contributed by atoms with Crippen molar-refractivity contribution in [3.05, 3.63) is 89.0 Å². The van der Waals surface area contributed by atoms with Gasteiger partial charge >= 0.3 is 0 Å². The monoisotopic (exact) mass is 576 g/mol. The van der Waals surface area contributed by atoms with Crippen LogP contribution < -0.4 is 0 Å². The van der Waals surface area contributed by atoms with Crippen molar-refractivity contribution in [1.29, 1.82) is 0 Å². The molecule has 0 heteroatoms. The summed E-state index contributed by atoms with van der Waals surface area (Å²) in [5.41, 5.74) is 29.0. The largest absolute Gasteiger partial charge is 0.0443 e. The lowest BCUT2D eigenvalue weighted by Crippen LogP contribution is -2.03. The highest BCUT2D eigenvalue weighted by atomic mass is 14.4. The second kappa shape index (κ2) is 8.97. The van der Waals surface area contributed by atoms with Gasteiger partial charge in [0.05, 0.1) is 0 Å². The van der Waals surface area contributed by atoms with Crippen LogP contribution in [0, 0.1) is 111 Å². The van der Waals surface area contributed by atoms with Crippen molar-refractivity contribution in [2.75, 3.05) is 0 Å². The first kappa shape index (κ1) is 29.1. The van der Waals surface area contributed by atoms with Crippen molar-refractivity contribution in [3.8, 4) is 22.3 Å². The SMILES string of the molecule is Cc1c(C)c2c3c(c(C)c(C)c(C)c3c1C)-c1c-2c(C)c2c3c(C)c(C)c(C)c(C)c3c3c(C)c(C)c(C)c(C)c3c2c1C. The standard InChI is InChI=1S/C44H48/c1-17-19(3)27(11)36-34(25(17)9)35-26(10)18(2)20(4)28(12)37(35)41-32(16)43-39-30(14)22(6)24(8)33-23(7)21(5)29(13)38(44(33)39)42(43)31(15)40(36)41/h1-16H3. The minimum absolute atomic E-state index is 1.43. The zero-order chi connectivity index (χ0) is 32.2. The van der Waals surface area contributed by atoms with Crippen molar-refractivity contribution in [1.82, 2.24) is 0 Å². The molecule has 0 aliphatic heterocycles. The first-order valence-electron chi connectivity index (χ1n) is 16.5. The quantitative estimate of drug-likeness (QED) is 0.158. The lowest BCUT2D eigenvalue weighted by Gasteiger charge is -2.27. The third-order valence-corrected chi connectivity index (χ3v) is 13.1. The molecule has 6 aromatic rings. The molecule has 0 N–H and O–H groups in total. The van der Waals surface area contributed by atoms with E-state index in [2.05, 4.69) is 111 Å². The van der Waals surface area contributed by atoms with Crippen LogP contribution in [0.4, 0.5) is 0 Å². The summed E-state index contributed by atoms with van der Waals surface area (Å²) in [7, 11) is 0. The van der Waals surface area contributed by atoms with Crippen LogP contribution in [0.25, 0.3) is 65.3 Å². The van der Waals surface area contributed by atoms with E-state index in [4.69, 9.17) is 0 Å². The molecule has 0 amide bonds. The Morgan fingerprint density at radius 1 is 0.136 bits per heavy atom. The molecule has 1 aliphatic rings. The van der Waals surface area contributed by atoms with Crippen LogP contribution in [0.15, 0.2) is 0 Å². The average molecular weight is 577 g/mol. The van der Waals surface area contributed by atoms with Crippen LogP contribution >= 0.6 is 0 Å². The third-order valence-electron chi connectivity index (χ3n) is 13.1. The molecule has 7 rings (SSSR count). The predicted molar refractivity (Wildman–Crippen MR) is 197 cm³/mol. The molecule has 0 nitrogen and oxygen atoms in total. The van der Waals surface area contributed by atoms with Gasteiger partial charge in [-0.1, -0.05) is 0 Å². The van der Waals surface area contributed by atoms with Gasteiger partial charge in [0.1, 0.15) is 0 Å². The Bertz CT molecular complexity index is 2240. The maximum atomic E-state index is 2.44. The van der Waals surface area contributed by atoms with Gasteiger partial charge in [0.25, 0.3) is 0 Å². The lowest BCUT2D eigenvalue weighted by molar-refractivity contribution is 1.24. The molecule has 0 spiro atoms. The molecule has 0 heterocycles. The third kappa shape index (κ3) is 3.06. The fraction of sp³-hybridized carbons (Fsp3) is 0.364. The van der Waals surface area contributed by atoms with Gasteiger partial charge in [0.15, 0.2) is 0 Å². The van der Waals surface area contributed by atoms with Crippen LogP contribution in [0.1, 0.15) is 89.0 Å². The summed E-state index contributed by atoms with van der Waals surface area (Å²) >= 11 is 0. The van der Waals surface area contributed by atoms with E-state index in [-0.39, 0.29) is 0 Å². The Labute approximate surface area is 264 Å². The second-order valence-corrected chi connectivity index (χ2v) is 14.5. The molecule has 0 saturated heterocycles. The molecule has 0 bridgehead atoms. The van der Waals surface area contributed by atoms with Gasteiger partial charge in [-0.15, -0.1) is 0 Å². The molecular formula is C44H48. The first-order chi connectivity index (χ1) is 20.6. The van der Waals surface area contributed by atoms with Crippen LogP contribution in [0.2, 0.25) is 0 Å². The van der Waals surface area contributed by atoms with E-state index in [1.165, 1.54) is 154 Å². The number of hydrogen-bond donors (Lipinski definition) is 0. The summed E-state index contributed by atoms with van der Waals surface area (Å²) in [6.07, 6.45) is 0. The Kier molecular flexibility index (Phi) is 5.93. The molecule has 6 aromatic carbocycles. The molecular weight excluding hydrogens is 528 g/mol. The van der Waals surface area contributed by atoms with Crippen LogP contribution in [0.3, 0.4) is 0 Å². The van der Waals surface area contributed by atoms with E-state index in [1.54, 1.807) is 0 Å². The van der Waals surface area contributed by atoms with Crippen molar-refractivity contribution in [2.45, 2.75) is 111 Å². The van der Waals surface area contributed by atoms with Crippen LogP contribution in [-0.2, 0) is 0 Å². The Hall–Kier alpha value is -3.64. The van der Waals surface area contributed by atoms with Crippen LogP contribution in [-0.4, -0.2) is 0 Å². The highest BCUT2D eigenvalue weighted by molar-refractivity contribution is 6.34. The van der Waals surface area contributed by atoms with E-state index in [9.17, 15) is 0 Å². The van der Waals surface area contributed by atoms with Crippen LogP contribution in [0.5, 0.6) is 0 Å². The smallest absolute Gasteiger partial charge is 0.00151 e. The molecule has 0 saturated carbocycles. The highest BCUT2D eigenvalue weighted by Gasteiger charge is 2.34. The summed E-state index contributed by atoms with van der Waals surface area (Å²) in [5.74, 6) is 0. The predicted octanol–water partition coefficient (Wildman–Crippen LogP) is 12.9. The molecule has 0 atom stereocenters. The average Bonchev–Trinajstić information content (AvgIpc) is 3.36. The van der Waals surface area contributed by atoms with Gasteiger partial charge in [0, 0.05) is 0 Å². The van der Waals surface area contributed by atoms with Crippen molar-refractivity contribution < 1.29 is 0 Å². The fourth-order valence-corrected chi connectivity index (χ4v) is 9.47. The Balaban J connectivity index is 1.94. The number of aryl methyl sites for hydroxylation is 8. The van der Waals surface area contributed by atoms with E-state index in [0.717, 1.165) is 0 Å². The zero-order valence-electron chi connectivity index (χ0n) is 30.0. The van der Waals surface area contributed by atoms with E-state index < -0.39 is 0 Å². The molecule has 0 radical (unpaired) electrons. The summed E-state index contributed by atoms with van der Waals surface area (Å²) in [6.45, 7) is 37.9. The molecule has 1 aliphatic carbocycles. The second-order valence-electron chi connectivity index (χ2n) is 14.5. The molecule has 0 fully saturated rings. The summed E-state index contributed by atoms with van der Waals surface area (Å²) in [6, 6.07) is 0. The minimum atomic E-state index is 1.43. The Morgan fingerprint density at radius 2 is 0.341 bits per heavy atom. The maximum absolute atomic E-state index is 2.44. The molecule has 0 unspecified atom stereocenters. The minimum Gasteiger partial charge on any atom is -0.0443 e.